The highest BCUT2D eigenvalue weighted by molar-refractivity contribution is 5.67. The van der Waals surface area contributed by atoms with Crippen LogP contribution < -0.4 is 0 Å². The molecule has 1 atom stereocenters. The van der Waals surface area contributed by atoms with E-state index in [-0.39, 0.29) is 12.5 Å². The number of carboxylic acid groups (broad SMARTS) is 1. The summed E-state index contributed by atoms with van der Waals surface area (Å²) in [6, 6.07) is -0.178. The summed E-state index contributed by atoms with van der Waals surface area (Å²) in [5.74, 6) is -0.838. The fourth-order valence-corrected chi connectivity index (χ4v) is 0.788. The van der Waals surface area contributed by atoms with E-state index < -0.39 is 5.97 Å². The van der Waals surface area contributed by atoms with E-state index in [4.69, 9.17) is 5.11 Å². The molecular weight excluding hydrogens is 146 g/mol. The summed E-state index contributed by atoms with van der Waals surface area (Å²) in [5.41, 5.74) is 0. The van der Waals surface area contributed by atoms with Crippen molar-refractivity contribution in [2.75, 3.05) is 0 Å². The van der Waals surface area contributed by atoms with E-state index in [1.54, 1.807) is 6.92 Å². The molecule has 60 valence electrons. The van der Waals surface area contributed by atoms with Gasteiger partial charge in [-0.1, -0.05) is 0 Å². The Morgan fingerprint density at radius 1 is 1.64 bits per heavy atom. The van der Waals surface area contributed by atoms with E-state index in [0.29, 0.717) is 0 Å². The second-order valence-corrected chi connectivity index (χ2v) is 2.30. The molecule has 5 heteroatoms. The molecule has 0 saturated carbocycles. The van der Waals surface area contributed by atoms with Crippen LogP contribution in [0.15, 0.2) is 12.4 Å². The van der Waals surface area contributed by atoms with Crippen LogP contribution in [0.25, 0.3) is 0 Å². The van der Waals surface area contributed by atoms with E-state index >= 15 is 0 Å². The zero-order valence-electron chi connectivity index (χ0n) is 6.14. The lowest BCUT2D eigenvalue weighted by Gasteiger charge is -2.05. The summed E-state index contributed by atoms with van der Waals surface area (Å²) in [6.07, 6.45) is 3.10. The van der Waals surface area contributed by atoms with E-state index in [1.165, 1.54) is 17.2 Å². The van der Waals surface area contributed by atoms with Gasteiger partial charge >= 0.3 is 5.97 Å². The lowest BCUT2D eigenvalue weighted by Crippen LogP contribution is -2.12. The molecule has 1 N–H and O–H groups in total. The van der Waals surface area contributed by atoms with Crippen LogP contribution in [0.3, 0.4) is 0 Å². The molecule has 0 amide bonds. The first-order valence-electron chi connectivity index (χ1n) is 3.27. The SMILES string of the molecule is CC(CC(=O)O)n1nccn1. The molecule has 1 aromatic heterocycles. The van der Waals surface area contributed by atoms with Gasteiger partial charge in [0.2, 0.25) is 0 Å². The second-order valence-electron chi connectivity index (χ2n) is 2.30. The van der Waals surface area contributed by atoms with Crippen molar-refractivity contribution in [2.45, 2.75) is 19.4 Å². The van der Waals surface area contributed by atoms with Crippen molar-refractivity contribution in [1.29, 1.82) is 0 Å². The van der Waals surface area contributed by atoms with E-state index in [1.807, 2.05) is 0 Å². The van der Waals surface area contributed by atoms with Gasteiger partial charge < -0.3 is 5.11 Å². The molecule has 1 heterocycles. The largest absolute Gasteiger partial charge is 0.481 e. The highest BCUT2D eigenvalue weighted by atomic mass is 16.4. The van der Waals surface area contributed by atoms with Gasteiger partial charge in [0.15, 0.2) is 0 Å². The number of carboxylic acids is 1. The Balaban J connectivity index is 2.56. The van der Waals surface area contributed by atoms with Crippen LogP contribution in [0, 0.1) is 0 Å². The van der Waals surface area contributed by atoms with Gasteiger partial charge in [0.25, 0.3) is 0 Å². The summed E-state index contributed by atoms with van der Waals surface area (Å²) >= 11 is 0. The van der Waals surface area contributed by atoms with Crippen molar-refractivity contribution < 1.29 is 9.90 Å². The predicted molar refractivity (Wildman–Crippen MR) is 37.0 cm³/mol. The molecular formula is C6H9N3O2. The Kier molecular flexibility index (Phi) is 2.20. The summed E-state index contributed by atoms with van der Waals surface area (Å²) in [4.78, 5) is 11.6. The Hall–Kier alpha value is -1.39. The molecule has 0 aromatic carbocycles. The predicted octanol–water partition coefficient (Wildman–Crippen LogP) is 0.314. The first-order chi connectivity index (χ1) is 5.20. The molecule has 0 radical (unpaired) electrons. The van der Waals surface area contributed by atoms with Crippen molar-refractivity contribution in [3.05, 3.63) is 12.4 Å². The van der Waals surface area contributed by atoms with Gasteiger partial charge in [0.05, 0.1) is 24.9 Å². The van der Waals surface area contributed by atoms with Gasteiger partial charge in [0.1, 0.15) is 0 Å². The third-order valence-corrected chi connectivity index (χ3v) is 1.30. The molecule has 0 aliphatic carbocycles. The van der Waals surface area contributed by atoms with Gasteiger partial charge in [0, 0.05) is 0 Å². The summed E-state index contributed by atoms with van der Waals surface area (Å²) in [6.45, 7) is 1.76. The fourth-order valence-electron chi connectivity index (χ4n) is 0.788. The zero-order chi connectivity index (χ0) is 8.27. The minimum absolute atomic E-state index is 0.0503. The summed E-state index contributed by atoms with van der Waals surface area (Å²) in [7, 11) is 0. The molecule has 0 aliphatic rings. The van der Waals surface area contributed by atoms with E-state index in [9.17, 15) is 4.79 Å². The van der Waals surface area contributed by atoms with Gasteiger partial charge in [-0.2, -0.15) is 15.0 Å². The number of aliphatic carboxylic acids is 1. The minimum atomic E-state index is -0.838. The first kappa shape index (κ1) is 7.71. The van der Waals surface area contributed by atoms with Crippen molar-refractivity contribution in [3.63, 3.8) is 0 Å². The molecule has 0 aliphatic heterocycles. The summed E-state index contributed by atoms with van der Waals surface area (Å²) < 4.78 is 0. The minimum Gasteiger partial charge on any atom is -0.481 e. The number of rotatable bonds is 3. The number of aromatic nitrogens is 3. The lowest BCUT2D eigenvalue weighted by molar-refractivity contribution is -0.137. The fraction of sp³-hybridized carbons (Fsp3) is 0.500. The van der Waals surface area contributed by atoms with Gasteiger partial charge in [-0.25, -0.2) is 0 Å². The number of hydrogen-bond acceptors (Lipinski definition) is 3. The maximum absolute atomic E-state index is 10.2. The Morgan fingerprint density at radius 3 is 2.64 bits per heavy atom. The Labute approximate surface area is 63.6 Å². The molecule has 0 spiro atoms. The molecule has 5 nitrogen and oxygen atoms in total. The molecule has 0 saturated heterocycles. The zero-order valence-corrected chi connectivity index (χ0v) is 6.14. The summed E-state index contributed by atoms with van der Waals surface area (Å²) in [5, 5.41) is 16.0. The Morgan fingerprint density at radius 2 is 2.18 bits per heavy atom. The molecule has 0 fully saturated rings. The van der Waals surface area contributed by atoms with Crippen LogP contribution in [0.1, 0.15) is 19.4 Å². The number of hydrogen-bond donors (Lipinski definition) is 1. The van der Waals surface area contributed by atoms with Crippen LogP contribution in [-0.4, -0.2) is 26.1 Å². The first-order valence-corrected chi connectivity index (χ1v) is 3.27. The average molecular weight is 155 g/mol. The lowest BCUT2D eigenvalue weighted by atomic mass is 10.2. The third kappa shape index (κ3) is 2.03. The van der Waals surface area contributed by atoms with Crippen LogP contribution in [0.4, 0.5) is 0 Å². The van der Waals surface area contributed by atoms with Gasteiger partial charge in [-0.15, -0.1) is 0 Å². The van der Waals surface area contributed by atoms with Crippen LogP contribution in [0.2, 0.25) is 0 Å². The smallest absolute Gasteiger partial charge is 0.305 e. The van der Waals surface area contributed by atoms with Crippen molar-refractivity contribution in [1.82, 2.24) is 15.0 Å². The molecule has 0 bridgehead atoms. The maximum atomic E-state index is 10.2. The third-order valence-electron chi connectivity index (χ3n) is 1.30. The highest BCUT2D eigenvalue weighted by Gasteiger charge is 2.09. The van der Waals surface area contributed by atoms with Crippen molar-refractivity contribution in [3.8, 4) is 0 Å². The quantitative estimate of drug-likeness (QED) is 0.682. The maximum Gasteiger partial charge on any atom is 0.305 e. The average Bonchev–Trinajstić information content (AvgIpc) is 2.35. The van der Waals surface area contributed by atoms with Crippen LogP contribution in [-0.2, 0) is 4.79 Å². The second kappa shape index (κ2) is 3.14. The molecule has 1 rings (SSSR count). The van der Waals surface area contributed by atoms with E-state index in [2.05, 4.69) is 10.2 Å². The Bertz CT molecular complexity index is 232. The van der Waals surface area contributed by atoms with E-state index in [0.717, 1.165) is 0 Å². The van der Waals surface area contributed by atoms with Crippen LogP contribution in [0.5, 0.6) is 0 Å². The number of carbonyl (C=O) groups is 1. The standard InChI is InChI=1S/C6H9N3O2/c1-5(4-6(10)11)9-7-2-3-8-9/h2-3,5H,4H2,1H3,(H,10,11). The van der Waals surface area contributed by atoms with Crippen molar-refractivity contribution in [2.24, 2.45) is 0 Å². The molecule has 1 aromatic rings. The molecule has 11 heavy (non-hydrogen) atoms. The van der Waals surface area contributed by atoms with Crippen LogP contribution >= 0.6 is 0 Å². The normalized spacial score (nSPS) is 12.8. The highest BCUT2D eigenvalue weighted by Crippen LogP contribution is 2.05. The van der Waals surface area contributed by atoms with Crippen molar-refractivity contribution >= 4 is 5.97 Å². The topological polar surface area (TPSA) is 68.0 Å². The monoisotopic (exact) mass is 155 g/mol. The number of nitrogens with zero attached hydrogens (tertiary/aromatic N) is 3. The molecule has 1 unspecified atom stereocenters. The van der Waals surface area contributed by atoms with Gasteiger partial charge in [-0.05, 0) is 6.92 Å². The van der Waals surface area contributed by atoms with Gasteiger partial charge in [-0.3, -0.25) is 4.79 Å².